The highest BCUT2D eigenvalue weighted by Crippen LogP contribution is 2.38. The number of rotatable bonds is 8. The molecule has 1 aliphatic carbocycles. The molecule has 17 heavy (non-hydrogen) atoms. The second kappa shape index (κ2) is 7.34. The van der Waals surface area contributed by atoms with Gasteiger partial charge in [0.05, 0.1) is 6.61 Å². The van der Waals surface area contributed by atoms with Gasteiger partial charge in [-0.15, -0.1) is 0 Å². The highest BCUT2D eigenvalue weighted by molar-refractivity contribution is 4.89. The van der Waals surface area contributed by atoms with Gasteiger partial charge in [-0.05, 0) is 39.2 Å². The van der Waals surface area contributed by atoms with Gasteiger partial charge in [-0.25, -0.2) is 0 Å². The maximum Gasteiger partial charge on any atom is 0.0589 e. The highest BCUT2D eigenvalue weighted by atomic mass is 16.5. The average molecular weight is 242 g/mol. The van der Waals surface area contributed by atoms with Crippen LogP contribution in [0.15, 0.2) is 0 Å². The van der Waals surface area contributed by atoms with Crippen molar-refractivity contribution in [3.63, 3.8) is 0 Å². The zero-order valence-corrected chi connectivity index (χ0v) is 12.1. The molecule has 1 saturated carbocycles. The first-order valence-corrected chi connectivity index (χ1v) is 7.01. The Morgan fingerprint density at radius 2 is 1.94 bits per heavy atom. The molecule has 0 aromatic heterocycles. The molecular formula is C14H30N2O. The van der Waals surface area contributed by atoms with E-state index in [1.54, 1.807) is 7.11 Å². The molecule has 0 aliphatic heterocycles. The van der Waals surface area contributed by atoms with Gasteiger partial charge in [0, 0.05) is 32.8 Å². The van der Waals surface area contributed by atoms with E-state index in [2.05, 4.69) is 31.1 Å². The Labute approximate surface area is 107 Å². The van der Waals surface area contributed by atoms with Crippen molar-refractivity contribution in [3.8, 4) is 0 Å². The molecule has 0 bridgehead atoms. The largest absolute Gasteiger partial charge is 0.383 e. The van der Waals surface area contributed by atoms with Crippen LogP contribution < -0.4 is 5.32 Å². The molecule has 1 rings (SSSR count). The molecule has 1 aliphatic rings. The summed E-state index contributed by atoms with van der Waals surface area (Å²) >= 11 is 0. The maximum atomic E-state index is 5.22. The van der Waals surface area contributed by atoms with Crippen molar-refractivity contribution in [3.05, 3.63) is 0 Å². The summed E-state index contributed by atoms with van der Waals surface area (Å²) in [5, 5.41) is 3.39. The molecule has 0 heterocycles. The molecule has 0 aromatic rings. The predicted octanol–water partition coefficient (Wildman–Crippen LogP) is 2.12. The molecule has 1 fully saturated rings. The van der Waals surface area contributed by atoms with Crippen LogP contribution in [0.25, 0.3) is 0 Å². The molecule has 1 N–H and O–H groups in total. The molecule has 0 unspecified atom stereocenters. The van der Waals surface area contributed by atoms with Crippen molar-refractivity contribution in [2.24, 2.45) is 5.41 Å². The topological polar surface area (TPSA) is 24.5 Å². The number of methoxy groups -OCH3 is 1. The van der Waals surface area contributed by atoms with E-state index in [0.29, 0.717) is 11.5 Å². The van der Waals surface area contributed by atoms with Crippen molar-refractivity contribution in [1.82, 2.24) is 10.2 Å². The minimum atomic E-state index is 0.507. The fourth-order valence-electron chi connectivity index (χ4n) is 3.05. The molecule has 102 valence electrons. The predicted molar refractivity (Wildman–Crippen MR) is 73.4 cm³/mol. The number of hydrogen-bond donors (Lipinski definition) is 1. The lowest BCUT2D eigenvalue weighted by molar-refractivity contribution is 0.0856. The van der Waals surface area contributed by atoms with Crippen LogP contribution >= 0.6 is 0 Å². The van der Waals surface area contributed by atoms with Crippen molar-refractivity contribution in [2.45, 2.75) is 45.6 Å². The second-order valence-electron chi connectivity index (χ2n) is 5.79. The van der Waals surface area contributed by atoms with Crippen molar-refractivity contribution < 1.29 is 4.74 Å². The number of nitrogens with zero attached hydrogens (tertiary/aromatic N) is 1. The molecule has 0 saturated heterocycles. The lowest BCUT2D eigenvalue weighted by Crippen LogP contribution is -2.45. The van der Waals surface area contributed by atoms with Gasteiger partial charge < -0.3 is 10.1 Å². The fourth-order valence-corrected chi connectivity index (χ4v) is 3.05. The summed E-state index contributed by atoms with van der Waals surface area (Å²) in [4.78, 5) is 2.58. The normalized spacial score (nSPS) is 19.4. The van der Waals surface area contributed by atoms with Gasteiger partial charge >= 0.3 is 0 Å². The standard InChI is InChI=1S/C14H30N2O/c1-13(2)16(9-10-17-4)12-14(11-15-3)7-5-6-8-14/h13,15H,5-12H2,1-4H3. The van der Waals surface area contributed by atoms with E-state index < -0.39 is 0 Å². The summed E-state index contributed by atoms with van der Waals surface area (Å²) in [5.41, 5.74) is 0.507. The molecule has 0 aromatic carbocycles. The Kier molecular flexibility index (Phi) is 6.45. The molecule has 0 spiro atoms. The molecule has 0 amide bonds. The summed E-state index contributed by atoms with van der Waals surface area (Å²) < 4.78 is 5.22. The molecule has 0 radical (unpaired) electrons. The maximum absolute atomic E-state index is 5.22. The number of hydrogen-bond acceptors (Lipinski definition) is 3. The second-order valence-corrected chi connectivity index (χ2v) is 5.79. The summed E-state index contributed by atoms with van der Waals surface area (Å²) in [5.74, 6) is 0. The quantitative estimate of drug-likeness (QED) is 0.705. The molecule has 0 atom stereocenters. The summed E-state index contributed by atoms with van der Waals surface area (Å²) in [7, 11) is 3.87. The van der Waals surface area contributed by atoms with Crippen LogP contribution in [0.2, 0.25) is 0 Å². The van der Waals surface area contributed by atoms with E-state index in [-0.39, 0.29) is 0 Å². The first-order chi connectivity index (χ1) is 8.13. The van der Waals surface area contributed by atoms with Gasteiger partial charge in [-0.2, -0.15) is 0 Å². The zero-order valence-electron chi connectivity index (χ0n) is 12.1. The third kappa shape index (κ3) is 4.57. The van der Waals surface area contributed by atoms with Gasteiger partial charge in [0.1, 0.15) is 0 Å². The smallest absolute Gasteiger partial charge is 0.0589 e. The summed E-state index contributed by atoms with van der Waals surface area (Å²) in [6, 6.07) is 0.611. The number of ether oxygens (including phenoxy) is 1. The number of nitrogens with one attached hydrogen (secondary N) is 1. The van der Waals surface area contributed by atoms with E-state index in [0.717, 1.165) is 19.7 Å². The molecule has 3 heteroatoms. The first kappa shape index (κ1) is 14.9. The fraction of sp³-hybridized carbons (Fsp3) is 1.00. The molecular weight excluding hydrogens is 212 g/mol. The minimum absolute atomic E-state index is 0.507. The lowest BCUT2D eigenvalue weighted by Gasteiger charge is -2.37. The van der Waals surface area contributed by atoms with Crippen LogP contribution in [0.3, 0.4) is 0 Å². The van der Waals surface area contributed by atoms with Crippen LogP contribution in [0.5, 0.6) is 0 Å². The van der Waals surface area contributed by atoms with Crippen LogP contribution in [0, 0.1) is 5.41 Å². The monoisotopic (exact) mass is 242 g/mol. The Balaban J connectivity index is 2.55. The van der Waals surface area contributed by atoms with Crippen molar-refractivity contribution >= 4 is 0 Å². The van der Waals surface area contributed by atoms with E-state index in [1.165, 1.54) is 32.2 Å². The van der Waals surface area contributed by atoms with Crippen LogP contribution in [0.1, 0.15) is 39.5 Å². The van der Waals surface area contributed by atoms with E-state index >= 15 is 0 Å². The Bertz CT molecular complexity index is 200. The Morgan fingerprint density at radius 3 is 2.41 bits per heavy atom. The minimum Gasteiger partial charge on any atom is -0.383 e. The van der Waals surface area contributed by atoms with Crippen molar-refractivity contribution in [1.29, 1.82) is 0 Å². The van der Waals surface area contributed by atoms with Gasteiger partial charge in [-0.1, -0.05) is 12.8 Å². The Hall–Kier alpha value is -0.120. The van der Waals surface area contributed by atoms with Crippen molar-refractivity contribution in [2.75, 3.05) is 40.4 Å². The van der Waals surface area contributed by atoms with Gasteiger partial charge in [-0.3, -0.25) is 4.90 Å². The van der Waals surface area contributed by atoms with Crippen LogP contribution in [-0.4, -0.2) is 51.3 Å². The van der Waals surface area contributed by atoms with Gasteiger partial charge in [0.2, 0.25) is 0 Å². The van der Waals surface area contributed by atoms with Gasteiger partial charge in [0.25, 0.3) is 0 Å². The van der Waals surface area contributed by atoms with E-state index in [9.17, 15) is 0 Å². The van der Waals surface area contributed by atoms with E-state index in [4.69, 9.17) is 4.74 Å². The summed E-state index contributed by atoms with van der Waals surface area (Å²) in [6.45, 7) is 8.85. The average Bonchev–Trinajstić information content (AvgIpc) is 2.73. The lowest BCUT2D eigenvalue weighted by atomic mass is 9.85. The summed E-state index contributed by atoms with van der Waals surface area (Å²) in [6.07, 6.45) is 5.56. The third-order valence-corrected chi connectivity index (χ3v) is 4.07. The Morgan fingerprint density at radius 1 is 1.29 bits per heavy atom. The van der Waals surface area contributed by atoms with Crippen LogP contribution in [-0.2, 0) is 4.74 Å². The SMILES string of the molecule is CNCC1(CN(CCOC)C(C)C)CCCC1. The van der Waals surface area contributed by atoms with Crippen LogP contribution in [0.4, 0.5) is 0 Å². The van der Waals surface area contributed by atoms with Gasteiger partial charge in [0.15, 0.2) is 0 Å². The first-order valence-electron chi connectivity index (χ1n) is 7.01. The zero-order chi connectivity index (χ0) is 12.7. The van der Waals surface area contributed by atoms with E-state index in [1.807, 2.05) is 0 Å². The highest BCUT2D eigenvalue weighted by Gasteiger charge is 2.35. The third-order valence-electron chi connectivity index (χ3n) is 4.07. The molecule has 3 nitrogen and oxygen atoms in total.